The molecule has 0 aliphatic rings. The monoisotopic (exact) mass is 878 g/mol. The lowest BCUT2D eigenvalue weighted by atomic mass is 10.0. The number of esters is 1. The van der Waals surface area contributed by atoms with E-state index in [1.807, 2.05) is 18.2 Å². The van der Waals surface area contributed by atoms with Gasteiger partial charge in [-0.1, -0.05) is 247 Å². The Kier molecular flexibility index (Phi) is 47.7. The molecule has 6 nitrogen and oxygen atoms in total. The first kappa shape index (κ1) is 60.0. The number of rotatable bonds is 46. The van der Waals surface area contributed by atoms with E-state index >= 15 is 0 Å². The normalized spacial score (nSPS) is 13.9. The standard InChI is InChI=1S/C57H99NO5/c1-4-7-10-13-16-19-22-25-27-29-31-34-37-40-43-46-49-55(60)54(52-59)58-56(61)51-53(48-45-42-39-36-33-30-24-21-18-15-12-9-6-3)63-57(62)50-47-44-41-38-35-32-28-26-23-20-17-14-11-8-5-2/h8-9,11-12,14-15,17-18,20-21,23-24,26,28,53-55,59-60H,4-7,10,13,16,19,22,25,27,29-52H2,1-3H3,(H,58,61)/b11-8+,12-9+,17-14+,18-15+,23-20+,24-21+,28-26-. The number of ether oxygens (including phenoxy) is 1. The summed E-state index contributed by atoms with van der Waals surface area (Å²) in [4.78, 5) is 26.2. The Labute approximate surface area is 389 Å². The third-order valence-electron chi connectivity index (χ3n) is 11.6. The number of hydrogen-bond acceptors (Lipinski definition) is 5. The first-order valence-electron chi connectivity index (χ1n) is 26.4. The lowest BCUT2D eigenvalue weighted by Crippen LogP contribution is -2.46. The summed E-state index contributed by atoms with van der Waals surface area (Å²) in [6.07, 6.45) is 65.0. The van der Waals surface area contributed by atoms with Gasteiger partial charge in [0.25, 0.3) is 0 Å². The number of hydrogen-bond donors (Lipinski definition) is 3. The van der Waals surface area contributed by atoms with Crippen LogP contribution in [0.1, 0.15) is 239 Å². The third-order valence-corrected chi connectivity index (χ3v) is 11.6. The van der Waals surface area contributed by atoms with Crippen molar-refractivity contribution in [2.75, 3.05) is 6.61 Å². The highest BCUT2D eigenvalue weighted by Crippen LogP contribution is 2.18. The second-order valence-electron chi connectivity index (χ2n) is 17.7. The zero-order valence-corrected chi connectivity index (χ0v) is 41.2. The molecule has 0 fully saturated rings. The first-order chi connectivity index (χ1) is 31.0. The van der Waals surface area contributed by atoms with Crippen LogP contribution in [0.3, 0.4) is 0 Å². The summed E-state index contributed by atoms with van der Waals surface area (Å²) in [5.74, 6) is -0.524. The van der Waals surface area contributed by atoms with Crippen molar-refractivity contribution < 1.29 is 24.5 Å². The van der Waals surface area contributed by atoms with E-state index in [4.69, 9.17) is 4.74 Å². The van der Waals surface area contributed by atoms with Gasteiger partial charge in [-0.25, -0.2) is 0 Å². The van der Waals surface area contributed by atoms with Gasteiger partial charge in [0.15, 0.2) is 0 Å². The van der Waals surface area contributed by atoms with E-state index in [2.05, 4.69) is 92.9 Å². The van der Waals surface area contributed by atoms with Crippen molar-refractivity contribution in [2.24, 2.45) is 0 Å². The minimum absolute atomic E-state index is 0.0503. The number of allylic oxidation sites excluding steroid dienone is 14. The average Bonchev–Trinajstić information content (AvgIpc) is 3.28. The third kappa shape index (κ3) is 45.4. The summed E-state index contributed by atoms with van der Waals surface area (Å²) < 4.78 is 5.92. The molecule has 1 amide bonds. The fourth-order valence-corrected chi connectivity index (χ4v) is 7.68. The molecule has 0 bridgehead atoms. The Bertz CT molecular complexity index is 1210. The van der Waals surface area contributed by atoms with Crippen molar-refractivity contribution in [3.05, 3.63) is 85.1 Å². The van der Waals surface area contributed by atoms with Crippen LogP contribution >= 0.6 is 0 Å². The lowest BCUT2D eigenvalue weighted by molar-refractivity contribution is -0.151. The molecular weight excluding hydrogens is 779 g/mol. The van der Waals surface area contributed by atoms with Crippen LogP contribution < -0.4 is 5.32 Å². The molecule has 0 aromatic carbocycles. The van der Waals surface area contributed by atoms with E-state index in [9.17, 15) is 19.8 Å². The van der Waals surface area contributed by atoms with Crippen LogP contribution in [0.25, 0.3) is 0 Å². The number of amides is 1. The number of aliphatic hydroxyl groups is 2. The van der Waals surface area contributed by atoms with Gasteiger partial charge in [0.05, 0.1) is 25.2 Å². The fraction of sp³-hybridized carbons (Fsp3) is 0.719. The van der Waals surface area contributed by atoms with Crippen LogP contribution in [0, 0.1) is 0 Å². The van der Waals surface area contributed by atoms with Gasteiger partial charge >= 0.3 is 5.97 Å². The van der Waals surface area contributed by atoms with Gasteiger partial charge in [-0.2, -0.15) is 0 Å². The highest BCUT2D eigenvalue weighted by atomic mass is 16.5. The predicted octanol–water partition coefficient (Wildman–Crippen LogP) is 16.0. The fourth-order valence-electron chi connectivity index (χ4n) is 7.68. The SMILES string of the molecule is CC/C=C/C=C/C=C/C=C\CCCCCCCC(=O)OC(CCCCCCC/C=C/C=C/C=C/CC)CC(=O)NC(CO)C(O)CCCCCCCCCCCCCCCCCC. The molecule has 3 unspecified atom stereocenters. The molecule has 0 aromatic rings. The van der Waals surface area contributed by atoms with Gasteiger partial charge in [-0.15, -0.1) is 0 Å². The van der Waals surface area contributed by atoms with Crippen LogP contribution in [-0.4, -0.2) is 46.9 Å². The molecule has 0 aliphatic heterocycles. The molecule has 0 saturated heterocycles. The van der Waals surface area contributed by atoms with E-state index in [1.165, 1.54) is 83.5 Å². The topological polar surface area (TPSA) is 95.9 Å². The largest absolute Gasteiger partial charge is 0.462 e. The molecule has 3 N–H and O–H groups in total. The van der Waals surface area contributed by atoms with Gasteiger partial charge in [0.1, 0.15) is 6.10 Å². The summed E-state index contributed by atoms with van der Waals surface area (Å²) in [5, 5.41) is 23.8. The minimum Gasteiger partial charge on any atom is -0.462 e. The van der Waals surface area contributed by atoms with Crippen LogP contribution in [0.15, 0.2) is 85.1 Å². The summed E-state index contributed by atoms with van der Waals surface area (Å²) in [6, 6.07) is -0.718. The summed E-state index contributed by atoms with van der Waals surface area (Å²) in [7, 11) is 0. The Morgan fingerprint density at radius 3 is 1.30 bits per heavy atom. The number of carbonyl (C=O) groups is 2. The Morgan fingerprint density at radius 1 is 0.476 bits per heavy atom. The molecule has 362 valence electrons. The van der Waals surface area contributed by atoms with Crippen molar-refractivity contribution in [1.29, 1.82) is 0 Å². The Balaban J connectivity index is 4.61. The smallest absolute Gasteiger partial charge is 0.306 e. The van der Waals surface area contributed by atoms with E-state index in [-0.39, 0.29) is 24.9 Å². The number of nitrogens with one attached hydrogen (secondary N) is 1. The second kappa shape index (κ2) is 50.0. The quantitative estimate of drug-likeness (QED) is 0.0322. The molecule has 6 heteroatoms. The zero-order valence-electron chi connectivity index (χ0n) is 41.2. The van der Waals surface area contributed by atoms with Gasteiger partial charge in [-0.05, 0) is 64.2 Å². The van der Waals surface area contributed by atoms with Crippen LogP contribution in [0.5, 0.6) is 0 Å². The predicted molar refractivity (Wildman–Crippen MR) is 273 cm³/mol. The second-order valence-corrected chi connectivity index (χ2v) is 17.7. The molecule has 0 heterocycles. The maximum Gasteiger partial charge on any atom is 0.306 e. The molecule has 63 heavy (non-hydrogen) atoms. The first-order valence-corrected chi connectivity index (χ1v) is 26.4. The average molecular weight is 878 g/mol. The zero-order chi connectivity index (χ0) is 45.9. The molecule has 0 spiro atoms. The van der Waals surface area contributed by atoms with Crippen molar-refractivity contribution in [1.82, 2.24) is 5.32 Å². The maximum atomic E-state index is 13.2. The summed E-state index contributed by atoms with van der Waals surface area (Å²) >= 11 is 0. The number of unbranched alkanes of at least 4 members (excludes halogenated alkanes) is 25. The van der Waals surface area contributed by atoms with Gasteiger partial charge < -0.3 is 20.3 Å². The molecule has 3 atom stereocenters. The molecule has 0 radical (unpaired) electrons. The summed E-state index contributed by atoms with van der Waals surface area (Å²) in [5.41, 5.74) is 0. The lowest BCUT2D eigenvalue weighted by Gasteiger charge is -2.24. The van der Waals surface area contributed by atoms with E-state index < -0.39 is 18.2 Å². The molecule has 0 aliphatic carbocycles. The van der Waals surface area contributed by atoms with Crippen molar-refractivity contribution in [3.8, 4) is 0 Å². The summed E-state index contributed by atoms with van der Waals surface area (Å²) in [6.45, 7) is 6.21. The van der Waals surface area contributed by atoms with Gasteiger partial charge in [-0.3, -0.25) is 9.59 Å². The van der Waals surface area contributed by atoms with E-state index in [1.54, 1.807) is 0 Å². The van der Waals surface area contributed by atoms with Crippen molar-refractivity contribution in [2.45, 2.75) is 257 Å². The Morgan fingerprint density at radius 2 is 0.857 bits per heavy atom. The highest BCUT2D eigenvalue weighted by molar-refractivity contribution is 5.77. The Hall–Kier alpha value is -2.96. The van der Waals surface area contributed by atoms with Crippen LogP contribution in [0.2, 0.25) is 0 Å². The molecular formula is C57H99NO5. The van der Waals surface area contributed by atoms with Gasteiger partial charge in [0, 0.05) is 6.42 Å². The minimum atomic E-state index is -0.802. The van der Waals surface area contributed by atoms with Crippen LogP contribution in [-0.2, 0) is 14.3 Å². The molecule has 0 rings (SSSR count). The molecule has 0 saturated carbocycles. The molecule has 0 aromatic heterocycles. The number of carbonyl (C=O) groups excluding carboxylic acids is 2. The maximum absolute atomic E-state index is 13.2. The highest BCUT2D eigenvalue weighted by Gasteiger charge is 2.24. The van der Waals surface area contributed by atoms with E-state index in [0.29, 0.717) is 19.3 Å². The van der Waals surface area contributed by atoms with Crippen molar-refractivity contribution in [3.63, 3.8) is 0 Å². The number of aliphatic hydroxyl groups excluding tert-OH is 2. The van der Waals surface area contributed by atoms with Crippen molar-refractivity contribution >= 4 is 11.9 Å². The van der Waals surface area contributed by atoms with E-state index in [0.717, 1.165) is 109 Å². The van der Waals surface area contributed by atoms with Crippen LogP contribution in [0.4, 0.5) is 0 Å². The van der Waals surface area contributed by atoms with Gasteiger partial charge in [0.2, 0.25) is 5.91 Å².